The highest BCUT2D eigenvalue weighted by Gasteiger charge is 2.13. The van der Waals surface area contributed by atoms with Crippen molar-refractivity contribution < 1.29 is 14.6 Å². The molecule has 0 aliphatic heterocycles. The number of carboxylic acids is 1. The van der Waals surface area contributed by atoms with Crippen LogP contribution >= 0.6 is 0 Å². The molecule has 0 aromatic carbocycles. The van der Waals surface area contributed by atoms with Gasteiger partial charge in [0.25, 0.3) is 0 Å². The molecule has 0 aromatic rings. The second-order valence-corrected chi connectivity index (χ2v) is 1.52. The lowest BCUT2D eigenvalue weighted by atomic mass is 10.4. The van der Waals surface area contributed by atoms with Crippen LogP contribution in [0.3, 0.4) is 0 Å². The molecule has 0 spiro atoms. The third kappa shape index (κ3) is 3.05. The lowest BCUT2D eigenvalue weighted by Gasteiger charge is -2.07. The van der Waals surface area contributed by atoms with Crippen molar-refractivity contribution >= 4 is 5.97 Å². The Morgan fingerprint density at radius 2 is 2.44 bits per heavy atom. The number of nitrogens with two attached hydrogens (primary N) is 1. The first-order chi connectivity index (χ1) is 4.22. The van der Waals surface area contributed by atoms with Crippen molar-refractivity contribution in [2.45, 2.75) is 13.0 Å². The Morgan fingerprint density at radius 3 is 2.56 bits per heavy atom. The number of hydrogen-bond acceptors (Lipinski definition) is 3. The molecule has 4 heteroatoms. The monoisotopic (exact) mass is 133 g/mol. The van der Waals surface area contributed by atoms with Gasteiger partial charge in [0.1, 0.15) is 0 Å². The molecule has 0 saturated heterocycles. The summed E-state index contributed by atoms with van der Waals surface area (Å²) in [5, 5.41) is 8.30. The van der Waals surface area contributed by atoms with Crippen molar-refractivity contribution in [2.24, 2.45) is 5.73 Å². The molecule has 0 fully saturated rings. The zero-order valence-corrected chi connectivity index (χ0v) is 5.33. The highest BCUT2D eigenvalue weighted by Crippen LogP contribution is 1.87. The molecule has 0 rings (SSSR count). The predicted octanol–water partition coefficient (Wildman–Crippen LogP) is -0.565. The standard InChI is InChI=1S/C5H11NO3/c1-2-9-4(3-6)5(7)8/h4H,2-3,6H2,1H3,(H,7,8). The largest absolute Gasteiger partial charge is 0.479 e. The van der Waals surface area contributed by atoms with E-state index in [2.05, 4.69) is 0 Å². The van der Waals surface area contributed by atoms with E-state index in [-0.39, 0.29) is 6.54 Å². The molecule has 9 heavy (non-hydrogen) atoms. The summed E-state index contributed by atoms with van der Waals surface area (Å²) in [4.78, 5) is 10.1. The zero-order valence-electron chi connectivity index (χ0n) is 5.33. The number of carboxylic acid groups (broad SMARTS) is 1. The average Bonchev–Trinajstić information content (AvgIpc) is 1.82. The zero-order chi connectivity index (χ0) is 7.28. The summed E-state index contributed by atoms with van der Waals surface area (Å²) in [6.45, 7) is 2.14. The van der Waals surface area contributed by atoms with Gasteiger partial charge in [0, 0.05) is 13.2 Å². The van der Waals surface area contributed by atoms with Crippen LogP contribution in [0.25, 0.3) is 0 Å². The van der Waals surface area contributed by atoms with Crippen LogP contribution in [0, 0.1) is 0 Å². The van der Waals surface area contributed by atoms with Crippen molar-refractivity contribution in [3.8, 4) is 0 Å². The first-order valence-corrected chi connectivity index (χ1v) is 2.76. The first-order valence-electron chi connectivity index (χ1n) is 2.76. The second-order valence-electron chi connectivity index (χ2n) is 1.52. The fourth-order valence-corrected chi connectivity index (χ4v) is 0.441. The van der Waals surface area contributed by atoms with Crippen LogP contribution in [-0.2, 0) is 9.53 Å². The summed E-state index contributed by atoms with van der Waals surface area (Å²) in [6, 6.07) is 0. The van der Waals surface area contributed by atoms with Crippen LogP contribution in [0.1, 0.15) is 6.92 Å². The third-order valence-electron chi connectivity index (χ3n) is 0.857. The molecule has 1 atom stereocenters. The molecule has 0 aromatic heterocycles. The summed E-state index contributed by atoms with van der Waals surface area (Å²) in [5.74, 6) is -1.00. The lowest BCUT2D eigenvalue weighted by Crippen LogP contribution is -2.31. The van der Waals surface area contributed by atoms with Gasteiger partial charge in [-0.05, 0) is 6.92 Å². The van der Waals surface area contributed by atoms with Gasteiger partial charge in [0.05, 0.1) is 0 Å². The smallest absolute Gasteiger partial charge is 0.334 e. The van der Waals surface area contributed by atoms with Crippen molar-refractivity contribution in [1.29, 1.82) is 0 Å². The summed E-state index contributed by atoms with van der Waals surface area (Å²) in [7, 11) is 0. The fourth-order valence-electron chi connectivity index (χ4n) is 0.441. The van der Waals surface area contributed by atoms with Gasteiger partial charge in [-0.1, -0.05) is 0 Å². The third-order valence-corrected chi connectivity index (χ3v) is 0.857. The summed E-state index contributed by atoms with van der Waals surface area (Å²) in [6.07, 6.45) is -0.838. The summed E-state index contributed by atoms with van der Waals surface area (Å²) >= 11 is 0. The minimum absolute atomic E-state index is 0.0309. The average molecular weight is 133 g/mol. The fraction of sp³-hybridized carbons (Fsp3) is 0.800. The van der Waals surface area contributed by atoms with Gasteiger partial charge >= 0.3 is 5.97 Å². The van der Waals surface area contributed by atoms with Crippen molar-refractivity contribution in [3.05, 3.63) is 0 Å². The van der Waals surface area contributed by atoms with Crippen LogP contribution in [-0.4, -0.2) is 30.3 Å². The Morgan fingerprint density at radius 1 is 1.89 bits per heavy atom. The van der Waals surface area contributed by atoms with E-state index in [0.717, 1.165) is 0 Å². The maximum atomic E-state index is 10.1. The van der Waals surface area contributed by atoms with E-state index in [9.17, 15) is 4.79 Å². The SMILES string of the molecule is CCOC(CN)C(=O)O. The first kappa shape index (κ1) is 8.39. The van der Waals surface area contributed by atoms with Gasteiger partial charge in [-0.2, -0.15) is 0 Å². The normalized spacial score (nSPS) is 13.1. The molecule has 0 saturated carbocycles. The molecule has 3 N–H and O–H groups in total. The Kier molecular flexibility index (Phi) is 4.00. The lowest BCUT2D eigenvalue weighted by molar-refractivity contribution is -0.149. The highest BCUT2D eigenvalue weighted by atomic mass is 16.5. The van der Waals surface area contributed by atoms with Crippen molar-refractivity contribution in [1.82, 2.24) is 0 Å². The minimum Gasteiger partial charge on any atom is -0.479 e. The van der Waals surface area contributed by atoms with Crippen molar-refractivity contribution in [2.75, 3.05) is 13.2 Å². The molecular formula is C5H11NO3. The van der Waals surface area contributed by atoms with Gasteiger partial charge in [0.15, 0.2) is 6.10 Å². The maximum absolute atomic E-state index is 10.1. The number of hydrogen-bond donors (Lipinski definition) is 2. The molecule has 1 unspecified atom stereocenters. The Hall–Kier alpha value is -0.610. The summed E-state index contributed by atoms with van der Waals surface area (Å²) in [5.41, 5.74) is 5.05. The van der Waals surface area contributed by atoms with Crippen LogP contribution in [0.2, 0.25) is 0 Å². The Balaban J connectivity index is 3.54. The topological polar surface area (TPSA) is 72.5 Å². The predicted molar refractivity (Wildman–Crippen MR) is 32.1 cm³/mol. The van der Waals surface area contributed by atoms with Gasteiger partial charge in [0.2, 0.25) is 0 Å². The number of carbonyl (C=O) groups is 1. The van der Waals surface area contributed by atoms with E-state index in [0.29, 0.717) is 6.61 Å². The van der Waals surface area contributed by atoms with Gasteiger partial charge in [-0.25, -0.2) is 4.79 Å². The Labute approximate surface area is 53.6 Å². The van der Waals surface area contributed by atoms with Crippen molar-refractivity contribution in [3.63, 3.8) is 0 Å². The van der Waals surface area contributed by atoms with E-state index in [1.54, 1.807) is 6.92 Å². The number of rotatable bonds is 4. The molecule has 54 valence electrons. The van der Waals surface area contributed by atoms with E-state index >= 15 is 0 Å². The molecule has 0 amide bonds. The van der Waals surface area contributed by atoms with Crippen LogP contribution in [0.4, 0.5) is 0 Å². The van der Waals surface area contributed by atoms with Gasteiger partial charge in [-0.3, -0.25) is 0 Å². The van der Waals surface area contributed by atoms with E-state index in [1.165, 1.54) is 0 Å². The highest BCUT2D eigenvalue weighted by molar-refractivity contribution is 5.72. The minimum atomic E-state index is -1.00. The molecular weight excluding hydrogens is 122 g/mol. The van der Waals surface area contributed by atoms with Crippen LogP contribution < -0.4 is 5.73 Å². The second kappa shape index (κ2) is 4.29. The molecule has 4 nitrogen and oxygen atoms in total. The molecule has 0 heterocycles. The quantitative estimate of drug-likeness (QED) is 0.539. The van der Waals surface area contributed by atoms with E-state index in [4.69, 9.17) is 15.6 Å². The van der Waals surface area contributed by atoms with Gasteiger partial charge in [-0.15, -0.1) is 0 Å². The number of ether oxygens (including phenoxy) is 1. The van der Waals surface area contributed by atoms with E-state index < -0.39 is 12.1 Å². The molecule has 0 aliphatic carbocycles. The van der Waals surface area contributed by atoms with Crippen LogP contribution in [0.15, 0.2) is 0 Å². The summed E-state index contributed by atoms with van der Waals surface area (Å²) < 4.78 is 4.73. The maximum Gasteiger partial charge on any atom is 0.334 e. The molecule has 0 radical (unpaired) electrons. The Bertz CT molecular complexity index is 94.2. The van der Waals surface area contributed by atoms with Crippen LogP contribution in [0.5, 0.6) is 0 Å². The van der Waals surface area contributed by atoms with E-state index in [1.807, 2.05) is 0 Å². The molecule has 0 bridgehead atoms. The van der Waals surface area contributed by atoms with Gasteiger partial charge < -0.3 is 15.6 Å². The molecule has 0 aliphatic rings. The number of aliphatic carboxylic acids is 1.